The van der Waals surface area contributed by atoms with Crippen LogP contribution in [-0.2, 0) is 14.3 Å². The first-order valence-corrected chi connectivity index (χ1v) is 7.22. The standard InChI is InChI=1S/C17H20O5/c1-4-21-16(20)13(22-11-8-6-5-7-9-11)10-12-14(15(18)19)17(12,2)3/h5-10,12,14H,4H2,1-3H3,(H,18,19)/b13-10+. The number of carboxylic acids is 1. The van der Waals surface area contributed by atoms with Gasteiger partial charge in [-0.05, 0) is 30.5 Å². The zero-order valence-electron chi connectivity index (χ0n) is 12.9. The molecular formula is C17H20O5. The zero-order chi connectivity index (χ0) is 16.3. The molecule has 1 aromatic carbocycles. The van der Waals surface area contributed by atoms with Crippen LogP contribution in [0, 0.1) is 17.3 Å². The number of carbonyl (C=O) groups excluding carboxylic acids is 1. The van der Waals surface area contributed by atoms with E-state index in [1.807, 2.05) is 19.9 Å². The molecule has 1 fully saturated rings. The van der Waals surface area contributed by atoms with Crippen molar-refractivity contribution >= 4 is 11.9 Å². The summed E-state index contributed by atoms with van der Waals surface area (Å²) in [6.45, 7) is 5.65. The molecular weight excluding hydrogens is 284 g/mol. The first-order valence-electron chi connectivity index (χ1n) is 7.22. The van der Waals surface area contributed by atoms with Crippen LogP contribution in [0.15, 0.2) is 42.2 Å². The van der Waals surface area contributed by atoms with Crippen LogP contribution in [-0.4, -0.2) is 23.7 Å². The number of carboxylic acid groups (broad SMARTS) is 1. The average Bonchev–Trinajstić information content (AvgIpc) is 3.01. The van der Waals surface area contributed by atoms with Gasteiger partial charge in [0.2, 0.25) is 5.76 Å². The lowest BCUT2D eigenvalue weighted by Crippen LogP contribution is -2.13. The predicted octanol–water partition coefficient (Wildman–Crippen LogP) is 2.87. The van der Waals surface area contributed by atoms with Crippen molar-refractivity contribution in [1.82, 2.24) is 0 Å². The highest BCUT2D eigenvalue weighted by Gasteiger charge is 2.61. The van der Waals surface area contributed by atoms with Crippen LogP contribution in [0.25, 0.3) is 0 Å². The topological polar surface area (TPSA) is 72.8 Å². The van der Waals surface area contributed by atoms with Gasteiger partial charge in [0.1, 0.15) is 5.75 Å². The van der Waals surface area contributed by atoms with Crippen LogP contribution in [0.2, 0.25) is 0 Å². The average molecular weight is 304 g/mol. The molecule has 22 heavy (non-hydrogen) atoms. The van der Waals surface area contributed by atoms with E-state index >= 15 is 0 Å². The lowest BCUT2D eigenvalue weighted by molar-refractivity contribution is -0.141. The van der Waals surface area contributed by atoms with Crippen molar-refractivity contribution < 1.29 is 24.2 Å². The molecule has 5 nitrogen and oxygen atoms in total. The van der Waals surface area contributed by atoms with E-state index in [1.165, 1.54) is 0 Å². The third kappa shape index (κ3) is 3.30. The number of esters is 1. The third-order valence-electron chi connectivity index (χ3n) is 3.96. The SMILES string of the molecule is CCOC(=O)/C(=C\C1C(C(=O)O)C1(C)C)Oc1ccccc1. The Morgan fingerprint density at radius 2 is 1.91 bits per heavy atom. The summed E-state index contributed by atoms with van der Waals surface area (Å²) in [5.74, 6) is -1.68. The number of hydrogen-bond donors (Lipinski definition) is 1. The number of ether oxygens (including phenoxy) is 2. The minimum atomic E-state index is -0.867. The van der Waals surface area contributed by atoms with E-state index in [1.54, 1.807) is 37.3 Å². The van der Waals surface area contributed by atoms with E-state index in [0.29, 0.717) is 5.75 Å². The molecule has 2 unspecified atom stereocenters. The number of hydrogen-bond acceptors (Lipinski definition) is 4. The van der Waals surface area contributed by atoms with E-state index in [4.69, 9.17) is 9.47 Å². The second-order valence-corrected chi connectivity index (χ2v) is 5.83. The number of aliphatic carboxylic acids is 1. The summed E-state index contributed by atoms with van der Waals surface area (Å²) in [7, 11) is 0. The Hall–Kier alpha value is -2.30. The van der Waals surface area contributed by atoms with Crippen molar-refractivity contribution in [3.8, 4) is 5.75 Å². The van der Waals surface area contributed by atoms with Gasteiger partial charge < -0.3 is 14.6 Å². The number of para-hydroxylation sites is 1. The molecule has 1 saturated carbocycles. The normalized spacial score (nSPS) is 22.8. The molecule has 0 amide bonds. The quantitative estimate of drug-likeness (QED) is 0.497. The van der Waals surface area contributed by atoms with E-state index < -0.39 is 23.3 Å². The highest BCUT2D eigenvalue weighted by Crippen LogP contribution is 2.59. The summed E-state index contributed by atoms with van der Waals surface area (Å²) in [6, 6.07) is 8.86. The molecule has 1 N–H and O–H groups in total. The molecule has 0 heterocycles. The molecule has 0 aliphatic heterocycles. The molecule has 0 bridgehead atoms. The maximum absolute atomic E-state index is 12.0. The van der Waals surface area contributed by atoms with Gasteiger partial charge in [-0.25, -0.2) is 4.79 Å². The van der Waals surface area contributed by atoms with E-state index in [9.17, 15) is 14.7 Å². The fraction of sp³-hybridized carbons (Fsp3) is 0.412. The summed E-state index contributed by atoms with van der Waals surface area (Å²) in [4.78, 5) is 23.3. The van der Waals surface area contributed by atoms with Crippen LogP contribution in [0.3, 0.4) is 0 Å². The summed E-state index contributed by atoms with van der Waals surface area (Å²) in [5, 5.41) is 9.22. The molecule has 1 aliphatic carbocycles. The number of rotatable bonds is 6. The minimum Gasteiger partial charge on any atom is -0.481 e. The first-order chi connectivity index (χ1) is 10.4. The summed E-state index contributed by atoms with van der Waals surface area (Å²) < 4.78 is 10.6. The van der Waals surface area contributed by atoms with Gasteiger partial charge in [0, 0.05) is 5.92 Å². The molecule has 5 heteroatoms. The van der Waals surface area contributed by atoms with Gasteiger partial charge in [-0.2, -0.15) is 0 Å². The molecule has 1 aliphatic rings. The minimum absolute atomic E-state index is 0.0369. The Labute approximate surface area is 129 Å². The molecule has 1 aromatic rings. The van der Waals surface area contributed by atoms with Crippen molar-refractivity contribution in [1.29, 1.82) is 0 Å². The van der Waals surface area contributed by atoms with Crippen LogP contribution >= 0.6 is 0 Å². The van der Waals surface area contributed by atoms with Gasteiger partial charge >= 0.3 is 11.9 Å². The van der Waals surface area contributed by atoms with Crippen molar-refractivity contribution in [3.63, 3.8) is 0 Å². The van der Waals surface area contributed by atoms with Crippen LogP contribution in [0.4, 0.5) is 0 Å². The molecule has 0 saturated heterocycles. The fourth-order valence-electron chi connectivity index (χ4n) is 2.58. The monoisotopic (exact) mass is 304 g/mol. The van der Waals surface area contributed by atoms with E-state index in [-0.39, 0.29) is 18.3 Å². The molecule has 0 spiro atoms. The Balaban J connectivity index is 2.24. The molecule has 0 radical (unpaired) electrons. The van der Waals surface area contributed by atoms with Crippen LogP contribution in [0.1, 0.15) is 20.8 Å². The molecule has 2 rings (SSSR count). The number of carbonyl (C=O) groups is 2. The third-order valence-corrected chi connectivity index (χ3v) is 3.96. The first kappa shape index (κ1) is 16.1. The summed E-state index contributed by atoms with van der Waals surface area (Å²) in [6.07, 6.45) is 1.57. The van der Waals surface area contributed by atoms with Crippen molar-refractivity contribution in [2.45, 2.75) is 20.8 Å². The van der Waals surface area contributed by atoms with Crippen molar-refractivity contribution in [3.05, 3.63) is 42.2 Å². The van der Waals surface area contributed by atoms with Gasteiger partial charge in [-0.15, -0.1) is 0 Å². The largest absolute Gasteiger partial charge is 0.481 e. The molecule has 0 aromatic heterocycles. The Morgan fingerprint density at radius 3 is 2.41 bits per heavy atom. The molecule has 2 atom stereocenters. The smallest absolute Gasteiger partial charge is 0.373 e. The predicted molar refractivity (Wildman–Crippen MR) is 80.2 cm³/mol. The second kappa shape index (κ2) is 6.22. The van der Waals surface area contributed by atoms with Crippen molar-refractivity contribution in [2.24, 2.45) is 17.3 Å². The summed E-state index contributed by atoms with van der Waals surface area (Å²) in [5.41, 5.74) is -0.399. The Kier molecular flexibility index (Phi) is 4.54. The van der Waals surface area contributed by atoms with Gasteiger partial charge in [0.15, 0.2) is 0 Å². The van der Waals surface area contributed by atoms with Crippen LogP contribution in [0.5, 0.6) is 5.75 Å². The lowest BCUT2D eigenvalue weighted by Gasteiger charge is -2.09. The fourth-order valence-corrected chi connectivity index (χ4v) is 2.58. The van der Waals surface area contributed by atoms with Crippen LogP contribution < -0.4 is 4.74 Å². The highest BCUT2D eigenvalue weighted by atomic mass is 16.6. The van der Waals surface area contributed by atoms with Gasteiger partial charge in [-0.3, -0.25) is 4.79 Å². The Morgan fingerprint density at radius 1 is 1.27 bits per heavy atom. The van der Waals surface area contributed by atoms with E-state index in [2.05, 4.69) is 0 Å². The number of allylic oxidation sites excluding steroid dienone is 1. The molecule has 118 valence electrons. The summed E-state index contributed by atoms with van der Waals surface area (Å²) >= 11 is 0. The zero-order valence-corrected chi connectivity index (χ0v) is 12.9. The highest BCUT2D eigenvalue weighted by molar-refractivity contribution is 5.87. The van der Waals surface area contributed by atoms with Gasteiger partial charge in [0.05, 0.1) is 12.5 Å². The Bertz CT molecular complexity index is 588. The number of benzene rings is 1. The second-order valence-electron chi connectivity index (χ2n) is 5.83. The van der Waals surface area contributed by atoms with E-state index in [0.717, 1.165) is 0 Å². The van der Waals surface area contributed by atoms with Gasteiger partial charge in [0.25, 0.3) is 0 Å². The van der Waals surface area contributed by atoms with Gasteiger partial charge in [-0.1, -0.05) is 32.0 Å². The van der Waals surface area contributed by atoms with Crippen molar-refractivity contribution in [2.75, 3.05) is 6.61 Å². The maximum atomic E-state index is 12.0. The lowest BCUT2D eigenvalue weighted by atomic mass is 10.1. The maximum Gasteiger partial charge on any atom is 0.373 e.